The molecule has 1 aliphatic rings. The fraction of sp³-hybridized carbons (Fsp3) is 0.923. The van der Waals surface area contributed by atoms with E-state index in [0.717, 1.165) is 12.8 Å². The molecule has 94 valence electrons. The molecule has 0 aromatic rings. The summed E-state index contributed by atoms with van der Waals surface area (Å²) in [6, 6.07) is 0.395. The van der Waals surface area contributed by atoms with E-state index in [0.29, 0.717) is 18.5 Å². The van der Waals surface area contributed by atoms with E-state index >= 15 is 0 Å². The SMILES string of the molecule is CCC(CN)C(=O)NC1CCCCC1CC. The fourth-order valence-electron chi connectivity index (χ4n) is 2.65. The topological polar surface area (TPSA) is 55.1 Å². The first-order chi connectivity index (χ1) is 7.72. The van der Waals surface area contributed by atoms with Gasteiger partial charge >= 0.3 is 0 Å². The zero-order chi connectivity index (χ0) is 12.0. The van der Waals surface area contributed by atoms with Crippen LogP contribution >= 0.6 is 0 Å². The number of carbonyl (C=O) groups is 1. The third-order valence-electron chi connectivity index (χ3n) is 3.91. The van der Waals surface area contributed by atoms with Crippen molar-refractivity contribution < 1.29 is 4.79 Å². The van der Waals surface area contributed by atoms with Gasteiger partial charge in [0.1, 0.15) is 0 Å². The van der Waals surface area contributed by atoms with Gasteiger partial charge in [0.25, 0.3) is 0 Å². The average Bonchev–Trinajstić information content (AvgIpc) is 2.31. The second kappa shape index (κ2) is 6.89. The standard InChI is InChI=1S/C13H26N2O/c1-3-10-7-5-6-8-12(10)15-13(16)11(4-2)9-14/h10-12H,3-9,14H2,1-2H3,(H,15,16). The fourth-order valence-corrected chi connectivity index (χ4v) is 2.65. The molecule has 16 heavy (non-hydrogen) atoms. The normalized spacial score (nSPS) is 27.4. The molecule has 0 saturated heterocycles. The summed E-state index contributed by atoms with van der Waals surface area (Å²) in [6.45, 7) is 4.70. The minimum absolute atomic E-state index is 0.000525. The highest BCUT2D eigenvalue weighted by Crippen LogP contribution is 2.27. The van der Waals surface area contributed by atoms with Crippen LogP contribution in [0.4, 0.5) is 0 Å². The molecule has 1 rings (SSSR count). The van der Waals surface area contributed by atoms with E-state index in [2.05, 4.69) is 12.2 Å². The van der Waals surface area contributed by atoms with Crippen molar-refractivity contribution >= 4 is 5.91 Å². The molecule has 1 aliphatic carbocycles. The van der Waals surface area contributed by atoms with Crippen LogP contribution in [0.25, 0.3) is 0 Å². The lowest BCUT2D eigenvalue weighted by molar-refractivity contribution is -0.126. The minimum atomic E-state index is -0.000525. The van der Waals surface area contributed by atoms with Crippen LogP contribution in [0.15, 0.2) is 0 Å². The maximum atomic E-state index is 11.9. The van der Waals surface area contributed by atoms with Gasteiger partial charge in [-0.2, -0.15) is 0 Å². The largest absolute Gasteiger partial charge is 0.353 e. The lowest BCUT2D eigenvalue weighted by Gasteiger charge is -2.32. The molecule has 0 spiro atoms. The summed E-state index contributed by atoms with van der Waals surface area (Å²) in [5, 5.41) is 3.20. The van der Waals surface area contributed by atoms with Gasteiger partial charge in [-0.05, 0) is 25.2 Å². The second-order valence-electron chi connectivity index (χ2n) is 4.91. The Hall–Kier alpha value is -0.570. The minimum Gasteiger partial charge on any atom is -0.353 e. The number of hydrogen-bond donors (Lipinski definition) is 2. The Balaban J connectivity index is 2.47. The molecule has 1 amide bonds. The van der Waals surface area contributed by atoms with Crippen LogP contribution in [0.5, 0.6) is 0 Å². The van der Waals surface area contributed by atoms with Gasteiger partial charge in [0, 0.05) is 18.5 Å². The summed E-state index contributed by atoms with van der Waals surface area (Å²) < 4.78 is 0. The van der Waals surface area contributed by atoms with Crippen molar-refractivity contribution in [2.45, 2.75) is 58.4 Å². The van der Waals surface area contributed by atoms with E-state index < -0.39 is 0 Å². The first-order valence-corrected chi connectivity index (χ1v) is 6.73. The molecule has 0 aromatic carbocycles. The van der Waals surface area contributed by atoms with Crippen molar-refractivity contribution in [3.05, 3.63) is 0 Å². The summed E-state index contributed by atoms with van der Waals surface area (Å²) in [4.78, 5) is 11.9. The summed E-state index contributed by atoms with van der Waals surface area (Å²) in [6.07, 6.45) is 6.99. The quantitative estimate of drug-likeness (QED) is 0.754. The predicted octanol–water partition coefficient (Wildman–Crippen LogP) is 2.06. The summed E-state index contributed by atoms with van der Waals surface area (Å²) in [5.41, 5.74) is 5.60. The molecule has 0 aromatic heterocycles. The number of hydrogen-bond acceptors (Lipinski definition) is 2. The van der Waals surface area contributed by atoms with Crippen molar-refractivity contribution in [3.63, 3.8) is 0 Å². The van der Waals surface area contributed by atoms with E-state index in [4.69, 9.17) is 5.73 Å². The predicted molar refractivity (Wildman–Crippen MR) is 67.0 cm³/mol. The maximum absolute atomic E-state index is 11.9. The zero-order valence-electron chi connectivity index (χ0n) is 10.7. The molecule has 1 saturated carbocycles. The third kappa shape index (κ3) is 3.48. The van der Waals surface area contributed by atoms with E-state index in [1.165, 1.54) is 25.7 Å². The van der Waals surface area contributed by atoms with Crippen LogP contribution in [-0.4, -0.2) is 18.5 Å². The zero-order valence-corrected chi connectivity index (χ0v) is 10.7. The first-order valence-electron chi connectivity index (χ1n) is 6.73. The van der Waals surface area contributed by atoms with E-state index in [1.807, 2.05) is 6.92 Å². The van der Waals surface area contributed by atoms with Gasteiger partial charge in [0.05, 0.1) is 0 Å². The molecule has 3 atom stereocenters. The smallest absolute Gasteiger partial charge is 0.224 e. The Morgan fingerprint density at radius 2 is 2.06 bits per heavy atom. The Morgan fingerprint density at radius 3 is 2.62 bits per heavy atom. The second-order valence-corrected chi connectivity index (χ2v) is 4.91. The van der Waals surface area contributed by atoms with Gasteiger partial charge in [-0.1, -0.05) is 33.1 Å². The molecule has 3 N–H and O–H groups in total. The van der Waals surface area contributed by atoms with Crippen LogP contribution in [0, 0.1) is 11.8 Å². The number of nitrogens with one attached hydrogen (secondary N) is 1. The molecule has 0 radical (unpaired) electrons. The lowest BCUT2D eigenvalue weighted by atomic mass is 9.82. The number of nitrogens with two attached hydrogens (primary N) is 1. The monoisotopic (exact) mass is 226 g/mol. The van der Waals surface area contributed by atoms with E-state index in [9.17, 15) is 4.79 Å². The van der Waals surface area contributed by atoms with Gasteiger partial charge in [0.2, 0.25) is 5.91 Å². The van der Waals surface area contributed by atoms with Gasteiger partial charge in [-0.25, -0.2) is 0 Å². The molecule has 3 unspecified atom stereocenters. The Bertz CT molecular complexity index is 214. The summed E-state index contributed by atoms with van der Waals surface area (Å²) >= 11 is 0. The van der Waals surface area contributed by atoms with Crippen LogP contribution in [0.2, 0.25) is 0 Å². The van der Waals surface area contributed by atoms with Crippen molar-refractivity contribution in [2.24, 2.45) is 17.6 Å². The summed E-state index contributed by atoms with van der Waals surface area (Å²) in [7, 11) is 0. The molecule has 3 heteroatoms. The van der Waals surface area contributed by atoms with Crippen LogP contribution in [0.3, 0.4) is 0 Å². The third-order valence-corrected chi connectivity index (χ3v) is 3.91. The molecule has 1 fully saturated rings. The first kappa shape index (κ1) is 13.5. The number of carbonyl (C=O) groups excluding carboxylic acids is 1. The van der Waals surface area contributed by atoms with Crippen molar-refractivity contribution in [1.29, 1.82) is 0 Å². The Morgan fingerprint density at radius 1 is 1.38 bits per heavy atom. The Labute approximate surface area is 99.2 Å². The van der Waals surface area contributed by atoms with Gasteiger partial charge in [-0.15, -0.1) is 0 Å². The maximum Gasteiger partial charge on any atom is 0.224 e. The van der Waals surface area contributed by atoms with Crippen LogP contribution < -0.4 is 11.1 Å². The number of amides is 1. The molecule has 0 heterocycles. The molecule has 0 bridgehead atoms. The van der Waals surface area contributed by atoms with Crippen LogP contribution in [0.1, 0.15) is 52.4 Å². The number of rotatable bonds is 5. The van der Waals surface area contributed by atoms with Gasteiger partial charge in [0.15, 0.2) is 0 Å². The van der Waals surface area contributed by atoms with E-state index in [1.54, 1.807) is 0 Å². The van der Waals surface area contributed by atoms with Crippen molar-refractivity contribution in [1.82, 2.24) is 5.32 Å². The van der Waals surface area contributed by atoms with E-state index in [-0.39, 0.29) is 11.8 Å². The molecule has 3 nitrogen and oxygen atoms in total. The average molecular weight is 226 g/mol. The van der Waals surface area contributed by atoms with Crippen LogP contribution in [-0.2, 0) is 4.79 Å². The molecular weight excluding hydrogens is 200 g/mol. The van der Waals surface area contributed by atoms with Crippen molar-refractivity contribution in [3.8, 4) is 0 Å². The summed E-state index contributed by atoms with van der Waals surface area (Å²) in [5.74, 6) is 0.836. The molecule has 0 aliphatic heterocycles. The molecular formula is C13H26N2O. The lowest BCUT2D eigenvalue weighted by Crippen LogP contribution is -2.45. The van der Waals surface area contributed by atoms with Gasteiger partial charge in [-0.3, -0.25) is 4.79 Å². The highest BCUT2D eigenvalue weighted by atomic mass is 16.1. The highest BCUT2D eigenvalue weighted by molar-refractivity contribution is 5.79. The van der Waals surface area contributed by atoms with Crippen molar-refractivity contribution in [2.75, 3.05) is 6.54 Å². The van der Waals surface area contributed by atoms with Gasteiger partial charge < -0.3 is 11.1 Å². The highest BCUT2D eigenvalue weighted by Gasteiger charge is 2.26. The Kier molecular flexibility index (Phi) is 5.81.